The molecule has 0 unspecified atom stereocenters. The third kappa shape index (κ3) is 8.56. The molecule has 1 aromatic rings. The third-order valence-corrected chi connectivity index (χ3v) is 4.63. The van der Waals surface area contributed by atoms with Gasteiger partial charge in [-0.3, -0.25) is 4.18 Å². The average Bonchev–Trinajstić information content (AvgIpc) is 2.44. The first-order chi connectivity index (χ1) is 11.2. The number of hydrogen-bond donors (Lipinski definition) is 0. The largest absolute Gasteiger partial charge is 0.482 e. The summed E-state index contributed by atoms with van der Waals surface area (Å²) in [6.07, 6.45) is 1.33. The van der Waals surface area contributed by atoms with Crippen LogP contribution in [0.2, 0.25) is 0 Å². The number of thioether (sulfide) groups is 1. The normalized spacial score (nSPS) is 12.7. The molecule has 1 atom stereocenters. The minimum Gasteiger partial charge on any atom is -0.482 e. The van der Waals surface area contributed by atoms with Crippen molar-refractivity contribution in [1.82, 2.24) is 0 Å². The van der Waals surface area contributed by atoms with Crippen molar-refractivity contribution in [3.05, 3.63) is 23.8 Å². The Bertz CT molecular complexity index is 642. The van der Waals surface area contributed by atoms with Crippen LogP contribution in [-0.2, 0) is 23.8 Å². The Labute approximate surface area is 148 Å². The first kappa shape index (κ1) is 20.8. The molecule has 0 saturated carbocycles. The molecule has 0 aromatic heterocycles. The second-order valence-corrected chi connectivity index (χ2v) is 8.04. The number of benzene rings is 1. The number of aryl methyl sites for hydroxylation is 1. The molecular weight excluding hydrogens is 352 g/mol. The minimum atomic E-state index is -3.41. The lowest BCUT2D eigenvalue weighted by Crippen LogP contribution is -2.15. The molecule has 0 amide bonds. The fourth-order valence-corrected chi connectivity index (χ4v) is 3.71. The highest BCUT2D eigenvalue weighted by Crippen LogP contribution is 2.26. The van der Waals surface area contributed by atoms with E-state index in [0.717, 1.165) is 22.5 Å². The maximum atomic E-state index is 11.3. The Balaban J connectivity index is 2.45. The summed E-state index contributed by atoms with van der Waals surface area (Å²) < 4.78 is 37.2. The van der Waals surface area contributed by atoms with Crippen molar-refractivity contribution in [2.45, 2.75) is 38.2 Å². The van der Waals surface area contributed by atoms with E-state index in [2.05, 4.69) is 0 Å². The zero-order valence-corrected chi connectivity index (χ0v) is 16.0. The standard InChI is InChI=1S/C16H24O6S2/c1-5-20-16(17)11-21-15-7-6-14(10-12(15)2)23-9-8-13(3)22-24(4,18)19/h6-7,10,13H,5,8-9,11H2,1-4H3/t13-/m1/s1. The fourth-order valence-electron chi connectivity index (χ4n) is 1.90. The lowest BCUT2D eigenvalue weighted by atomic mass is 10.2. The molecule has 0 bridgehead atoms. The molecule has 6 nitrogen and oxygen atoms in total. The molecule has 0 saturated heterocycles. The van der Waals surface area contributed by atoms with E-state index < -0.39 is 16.1 Å². The van der Waals surface area contributed by atoms with Crippen molar-refractivity contribution in [1.29, 1.82) is 0 Å². The summed E-state index contributed by atoms with van der Waals surface area (Å²) in [6.45, 7) is 5.61. The molecule has 0 fully saturated rings. The molecule has 0 aliphatic heterocycles. The van der Waals surface area contributed by atoms with Gasteiger partial charge in [-0.15, -0.1) is 11.8 Å². The van der Waals surface area contributed by atoms with Gasteiger partial charge in [-0.25, -0.2) is 4.79 Å². The van der Waals surface area contributed by atoms with Gasteiger partial charge in [0.2, 0.25) is 0 Å². The van der Waals surface area contributed by atoms with Crippen LogP contribution in [0, 0.1) is 6.92 Å². The van der Waals surface area contributed by atoms with Crippen LogP contribution >= 0.6 is 11.8 Å². The van der Waals surface area contributed by atoms with Gasteiger partial charge in [0.25, 0.3) is 10.1 Å². The Morgan fingerprint density at radius 3 is 2.62 bits per heavy atom. The highest BCUT2D eigenvalue weighted by atomic mass is 32.2. The Kier molecular flexibility index (Phi) is 8.58. The van der Waals surface area contributed by atoms with Gasteiger partial charge in [-0.05, 0) is 51.0 Å². The maximum Gasteiger partial charge on any atom is 0.344 e. The molecule has 0 spiro atoms. The van der Waals surface area contributed by atoms with E-state index in [0.29, 0.717) is 18.8 Å². The summed E-state index contributed by atoms with van der Waals surface area (Å²) >= 11 is 1.61. The van der Waals surface area contributed by atoms with Crippen molar-refractivity contribution < 1.29 is 26.9 Å². The molecule has 0 aliphatic carbocycles. The zero-order chi connectivity index (χ0) is 18.2. The average molecular weight is 376 g/mol. The number of ether oxygens (including phenoxy) is 2. The van der Waals surface area contributed by atoms with Crippen LogP contribution in [0.25, 0.3) is 0 Å². The van der Waals surface area contributed by atoms with E-state index in [4.69, 9.17) is 13.7 Å². The Hall–Kier alpha value is -1.25. The molecule has 1 aromatic carbocycles. The summed E-state index contributed by atoms with van der Waals surface area (Å²) in [6, 6.07) is 5.68. The van der Waals surface area contributed by atoms with E-state index in [1.807, 2.05) is 25.1 Å². The van der Waals surface area contributed by atoms with Crippen LogP contribution in [0.5, 0.6) is 5.75 Å². The Morgan fingerprint density at radius 1 is 1.33 bits per heavy atom. The third-order valence-electron chi connectivity index (χ3n) is 2.93. The highest BCUT2D eigenvalue weighted by molar-refractivity contribution is 7.99. The summed E-state index contributed by atoms with van der Waals surface area (Å²) in [5.41, 5.74) is 0.921. The lowest BCUT2D eigenvalue weighted by Gasteiger charge is -2.12. The molecule has 1 rings (SSSR count). The van der Waals surface area contributed by atoms with Gasteiger partial charge >= 0.3 is 5.97 Å². The van der Waals surface area contributed by atoms with E-state index in [-0.39, 0.29) is 12.7 Å². The van der Waals surface area contributed by atoms with Crippen molar-refractivity contribution in [2.75, 3.05) is 25.2 Å². The van der Waals surface area contributed by atoms with E-state index in [1.165, 1.54) is 0 Å². The van der Waals surface area contributed by atoms with Gasteiger partial charge in [-0.1, -0.05) is 0 Å². The SMILES string of the molecule is CCOC(=O)COc1ccc(SCC[C@@H](C)OS(C)(=O)=O)cc1C. The van der Waals surface area contributed by atoms with Gasteiger partial charge in [0, 0.05) is 10.6 Å². The van der Waals surface area contributed by atoms with Crippen LogP contribution in [0.15, 0.2) is 23.1 Å². The van der Waals surface area contributed by atoms with Gasteiger partial charge in [0.1, 0.15) is 5.75 Å². The van der Waals surface area contributed by atoms with Crippen LogP contribution in [0.4, 0.5) is 0 Å². The quantitative estimate of drug-likeness (QED) is 0.353. The van der Waals surface area contributed by atoms with Gasteiger partial charge < -0.3 is 9.47 Å². The summed E-state index contributed by atoms with van der Waals surface area (Å²) in [7, 11) is -3.41. The number of carbonyl (C=O) groups is 1. The molecule has 136 valence electrons. The Morgan fingerprint density at radius 2 is 2.04 bits per heavy atom. The number of rotatable bonds is 10. The minimum absolute atomic E-state index is 0.110. The van der Waals surface area contributed by atoms with Crippen LogP contribution in [0.1, 0.15) is 25.8 Å². The van der Waals surface area contributed by atoms with Crippen molar-refractivity contribution in [2.24, 2.45) is 0 Å². The van der Waals surface area contributed by atoms with Gasteiger partial charge in [0.05, 0.1) is 19.0 Å². The van der Waals surface area contributed by atoms with Crippen molar-refractivity contribution in [3.8, 4) is 5.75 Å². The molecule has 0 N–H and O–H groups in total. The van der Waals surface area contributed by atoms with Gasteiger partial charge in [0.15, 0.2) is 6.61 Å². The monoisotopic (exact) mass is 376 g/mol. The smallest absolute Gasteiger partial charge is 0.344 e. The first-order valence-corrected chi connectivity index (χ1v) is 10.4. The summed E-state index contributed by atoms with van der Waals surface area (Å²) in [5, 5.41) is 0. The molecule has 0 aliphatic rings. The predicted molar refractivity (Wildman–Crippen MR) is 94.0 cm³/mol. The molecule has 0 radical (unpaired) electrons. The molecular formula is C16H24O6S2. The van der Waals surface area contributed by atoms with Crippen molar-refractivity contribution >= 4 is 27.8 Å². The molecule has 8 heteroatoms. The fraction of sp³-hybridized carbons (Fsp3) is 0.562. The van der Waals surface area contributed by atoms with E-state index >= 15 is 0 Å². The molecule has 24 heavy (non-hydrogen) atoms. The second kappa shape index (κ2) is 9.90. The zero-order valence-electron chi connectivity index (χ0n) is 14.4. The van der Waals surface area contributed by atoms with Crippen LogP contribution in [0.3, 0.4) is 0 Å². The summed E-state index contributed by atoms with van der Waals surface area (Å²) in [4.78, 5) is 12.3. The number of hydrogen-bond acceptors (Lipinski definition) is 7. The second-order valence-electron chi connectivity index (χ2n) is 5.27. The van der Waals surface area contributed by atoms with E-state index in [9.17, 15) is 13.2 Å². The first-order valence-electron chi connectivity index (χ1n) is 7.61. The van der Waals surface area contributed by atoms with Crippen LogP contribution in [-0.4, -0.2) is 45.7 Å². The highest BCUT2D eigenvalue weighted by Gasteiger charge is 2.11. The van der Waals surface area contributed by atoms with Crippen LogP contribution < -0.4 is 4.74 Å². The number of carbonyl (C=O) groups excluding carboxylic acids is 1. The number of esters is 1. The topological polar surface area (TPSA) is 78.9 Å². The maximum absolute atomic E-state index is 11.3. The lowest BCUT2D eigenvalue weighted by molar-refractivity contribution is -0.145. The molecule has 0 heterocycles. The predicted octanol–water partition coefficient (Wildman–Crippen LogP) is 2.78. The van der Waals surface area contributed by atoms with Crippen molar-refractivity contribution in [3.63, 3.8) is 0 Å². The van der Waals surface area contributed by atoms with E-state index in [1.54, 1.807) is 25.6 Å². The van der Waals surface area contributed by atoms with Gasteiger partial charge in [-0.2, -0.15) is 8.42 Å². The summed E-state index contributed by atoms with van der Waals surface area (Å²) in [5.74, 6) is 0.982.